The summed E-state index contributed by atoms with van der Waals surface area (Å²) in [6, 6.07) is 12.2. The highest BCUT2D eigenvalue weighted by atomic mass is 19.2. The molecule has 0 spiro atoms. The van der Waals surface area contributed by atoms with Gasteiger partial charge in [0.25, 0.3) is 0 Å². The first-order valence-corrected chi connectivity index (χ1v) is 8.81. The second kappa shape index (κ2) is 9.21. The van der Waals surface area contributed by atoms with Crippen LogP contribution >= 0.6 is 0 Å². The number of methoxy groups -OCH3 is 2. The fraction of sp³-hybridized carbons (Fsp3) is 0.0909. The minimum Gasteiger partial charge on any atom is -0.465 e. The van der Waals surface area contributed by atoms with Crippen molar-refractivity contribution in [3.63, 3.8) is 0 Å². The van der Waals surface area contributed by atoms with Crippen molar-refractivity contribution in [1.29, 1.82) is 0 Å². The van der Waals surface area contributed by atoms with Crippen molar-refractivity contribution in [1.82, 2.24) is 0 Å². The number of esters is 2. The molecule has 9 heteroatoms. The molecule has 0 N–H and O–H groups in total. The van der Waals surface area contributed by atoms with Crippen molar-refractivity contribution in [3.8, 4) is 11.1 Å². The van der Waals surface area contributed by atoms with Crippen molar-refractivity contribution in [2.45, 2.75) is 0 Å². The molecule has 0 bridgehead atoms. The molecule has 0 aliphatic rings. The minimum atomic E-state index is -1.61. The number of rotatable bonds is 5. The van der Waals surface area contributed by atoms with Crippen LogP contribution in [0.2, 0.25) is 0 Å². The van der Waals surface area contributed by atoms with Gasteiger partial charge in [0.1, 0.15) is 0 Å². The summed E-state index contributed by atoms with van der Waals surface area (Å²) in [7, 11) is 2.48. The normalized spacial score (nSPS) is 10.9. The Morgan fingerprint density at radius 3 is 1.87 bits per heavy atom. The summed E-state index contributed by atoms with van der Waals surface area (Å²) in [6.07, 6.45) is 0. The molecule has 0 atom stereocenters. The largest absolute Gasteiger partial charge is 0.465 e. The molecule has 0 saturated heterocycles. The fourth-order valence-electron chi connectivity index (χ4n) is 2.72. The van der Waals surface area contributed by atoms with E-state index in [0.717, 1.165) is 0 Å². The van der Waals surface area contributed by atoms with Crippen LogP contribution in [0.5, 0.6) is 0 Å². The second-order valence-electron chi connectivity index (χ2n) is 6.22. The van der Waals surface area contributed by atoms with Crippen LogP contribution < -0.4 is 0 Å². The number of azo groups is 1. The molecule has 3 aromatic carbocycles. The summed E-state index contributed by atoms with van der Waals surface area (Å²) in [5.74, 6) is -5.56. The van der Waals surface area contributed by atoms with E-state index in [1.165, 1.54) is 26.4 Å². The molecule has 0 saturated carbocycles. The number of ether oxygens (including phenoxy) is 2. The van der Waals surface area contributed by atoms with Gasteiger partial charge in [-0.1, -0.05) is 18.2 Å². The molecular weight excluding hydrogens is 413 g/mol. The first kappa shape index (κ1) is 21.7. The zero-order valence-corrected chi connectivity index (χ0v) is 16.4. The van der Waals surface area contributed by atoms with Crippen LogP contribution in [0.1, 0.15) is 20.7 Å². The van der Waals surface area contributed by atoms with Crippen LogP contribution in [0.25, 0.3) is 11.1 Å². The highest BCUT2D eigenvalue weighted by Gasteiger charge is 2.14. The minimum absolute atomic E-state index is 0.169. The average molecular weight is 428 g/mol. The van der Waals surface area contributed by atoms with Gasteiger partial charge in [-0.2, -0.15) is 5.11 Å². The lowest BCUT2D eigenvalue weighted by molar-refractivity contribution is 0.0592. The Bertz CT molecular complexity index is 1150. The molecule has 6 nitrogen and oxygen atoms in total. The van der Waals surface area contributed by atoms with Crippen molar-refractivity contribution in [3.05, 3.63) is 83.2 Å². The van der Waals surface area contributed by atoms with Gasteiger partial charge in [0, 0.05) is 17.7 Å². The summed E-state index contributed by atoms with van der Waals surface area (Å²) in [4.78, 5) is 23.5. The van der Waals surface area contributed by atoms with Crippen LogP contribution in [-0.2, 0) is 9.47 Å². The first-order valence-electron chi connectivity index (χ1n) is 8.81. The third-order valence-electron chi connectivity index (χ3n) is 4.28. The predicted octanol–water partition coefficient (Wildman–Crippen LogP) is 5.76. The maximum Gasteiger partial charge on any atom is 0.337 e. The van der Waals surface area contributed by atoms with Gasteiger partial charge >= 0.3 is 11.9 Å². The fourth-order valence-corrected chi connectivity index (χ4v) is 2.72. The Morgan fingerprint density at radius 2 is 1.29 bits per heavy atom. The van der Waals surface area contributed by atoms with Crippen molar-refractivity contribution in [2.75, 3.05) is 14.2 Å². The van der Waals surface area contributed by atoms with Crippen molar-refractivity contribution < 1.29 is 32.2 Å². The number of benzene rings is 3. The van der Waals surface area contributed by atoms with Gasteiger partial charge in [-0.05, 0) is 29.8 Å². The van der Waals surface area contributed by atoms with Gasteiger partial charge in [-0.15, -0.1) is 5.11 Å². The van der Waals surface area contributed by atoms with E-state index in [4.69, 9.17) is 4.74 Å². The molecule has 0 aliphatic carbocycles. The SMILES string of the molecule is COC(=O)c1ccc(-c2ccc(C(=O)OC)cc2N=Nc2cc(F)c(F)c(F)c2)cc1. The molecule has 3 rings (SSSR count). The molecule has 3 aromatic rings. The summed E-state index contributed by atoms with van der Waals surface area (Å²) >= 11 is 0. The van der Waals surface area contributed by atoms with Gasteiger partial charge in [-0.25, -0.2) is 22.8 Å². The molecule has 0 aromatic heterocycles. The highest BCUT2D eigenvalue weighted by molar-refractivity contribution is 5.93. The Kier molecular flexibility index (Phi) is 6.44. The van der Waals surface area contributed by atoms with E-state index in [2.05, 4.69) is 15.0 Å². The number of carbonyl (C=O) groups is 2. The Balaban J connectivity index is 2.06. The molecule has 158 valence electrons. The van der Waals surface area contributed by atoms with Crippen molar-refractivity contribution >= 4 is 23.3 Å². The highest BCUT2D eigenvalue weighted by Crippen LogP contribution is 2.33. The lowest BCUT2D eigenvalue weighted by Gasteiger charge is -2.08. The average Bonchev–Trinajstić information content (AvgIpc) is 2.79. The molecule has 0 heterocycles. The van der Waals surface area contributed by atoms with Gasteiger partial charge in [0.05, 0.1) is 36.7 Å². The van der Waals surface area contributed by atoms with E-state index < -0.39 is 29.4 Å². The summed E-state index contributed by atoms with van der Waals surface area (Å²) in [6.45, 7) is 0. The third-order valence-corrected chi connectivity index (χ3v) is 4.28. The maximum atomic E-state index is 13.4. The third kappa shape index (κ3) is 4.77. The van der Waals surface area contributed by atoms with E-state index in [1.54, 1.807) is 30.3 Å². The summed E-state index contributed by atoms with van der Waals surface area (Å²) in [5, 5.41) is 7.75. The molecule has 31 heavy (non-hydrogen) atoms. The number of hydrogen-bond donors (Lipinski definition) is 0. The van der Waals surface area contributed by atoms with Crippen LogP contribution in [0.4, 0.5) is 24.5 Å². The first-order chi connectivity index (χ1) is 14.8. The van der Waals surface area contributed by atoms with Gasteiger partial charge in [-0.3, -0.25) is 0 Å². The topological polar surface area (TPSA) is 77.3 Å². The smallest absolute Gasteiger partial charge is 0.337 e. The zero-order chi connectivity index (χ0) is 22.5. The lowest BCUT2D eigenvalue weighted by atomic mass is 10.0. The maximum absolute atomic E-state index is 13.4. The summed E-state index contributed by atoms with van der Waals surface area (Å²) < 4.78 is 49.4. The molecule has 0 amide bonds. The number of halogens is 3. The zero-order valence-electron chi connectivity index (χ0n) is 16.4. The molecule has 0 aliphatic heterocycles. The van der Waals surface area contributed by atoms with Crippen LogP contribution in [0.3, 0.4) is 0 Å². The Hall–Kier alpha value is -4.01. The van der Waals surface area contributed by atoms with Crippen LogP contribution in [0, 0.1) is 17.5 Å². The van der Waals surface area contributed by atoms with Gasteiger partial charge < -0.3 is 9.47 Å². The predicted molar refractivity (Wildman–Crippen MR) is 105 cm³/mol. The number of hydrogen-bond acceptors (Lipinski definition) is 6. The van der Waals surface area contributed by atoms with Crippen LogP contribution in [-0.4, -0.2) is 26.2 Å². The van der Waals surface area contributed by atoms with E-state index in [1.807, 2.05) is 0 Å². The molecule has 0 fully saturated rings. The lowest BCUT2D eigenvalue weighted by Crippen LogP contribution is -2.01. The molecular formula is C22H15F3N2O4. The van der Waals surface area contributed by atoms with Crippen LogP contribution in [0.15, 0.2) is 64.8 Å². The number of carbonyl (C=O) groups excluding carboxylic acids is 2. The second-order valence-corrected chi connectivity index (χ2v) is 6.22. The molecule has 0 radical (unpaired) electrons. The standard InChI is InChI=1S/C22H15F3N2O4/c1-30-21(28)13-5-3-12(4-6-13)16-8-7-14(22(29)31-2)9-19(16)27-26-15-10-17(23)20(25)18(24)11-15/h3-11H,1-2H3. The van der Waals surface area contributed by atoms with Crippen molar-refractivity contribution in [2.24, 2.45) is 10.2 Å². The Labute approximate surface area is 174 Å². The van der Waals surface area contributed by atoms with Gasteiger partial charge in [0.2, 0.25) is 0 Å². The van der Waals surface area contributed by atoms with E-state index >= 15 is 0 Å². The number of nitrogens with zero attached hydrogens (tertiary/aromatic N) is 2. The van der Waals surface area contributed by atoms with E-state index in [0.29, 0.717) is 28.8 Å². The Morgan fingerprint density at radius 1 is 0.742 bits per heavy atom. The van der Waals surface area contributed by atoms with E-state index in [9.17, 15) is 22.8 Å². The molecule has 0 unspecified atom stereocenters. The van der Waals surface area contributed by atoms with Gasteiger partial charge in [0.15, 0.2) is 17.5 Å². The quantitative estimate of drug-likeness (QED) is 0.294. The summed E-state index contributed by atoms with van der Waals surface area (Å²) in [5.41, 5.74) is 1.55. The van der Waals surface area contributed by atoms with E-state index in [-0.39, 0.29) is 16.9 Å². The monoisotopic (exact) mass is 428 g/mol.